The van der Waals surface area contributed by atoms with Gasteiger partial charge in [-0.2, -0.15) is 0 Å². The van der Waals surface area contributed by atoms with Crippen LogP contribution in [0, 0.1) is 12.8 Å². The molecule has 0 unspecified atom stereocenters. The van der Waals surface area contributed by atoms with Crippen LogP contribution < -0.4 is 9.47 Å². The monoisotopic (exact) mass is 321 g/mol. The number of methoxy groups -OCH3 is 3. The number of likely N-dealkylation sites (tertiary alicyclic amines) is 1. The predicted octanol–water partition coefficient (Wildman–Crippen LogP) is 2.04. The summed E-state index contributed by atoms with van der Waals surface area (Å²) in [5, 5.41) is 0. The van der Waals surface area contributed by atoms with Gasteiger partial charge >= 0.3 is 5.97 Å². The molecule has 1 aliphatic heterocycles. The molecule has 1 saturated heterocycles. The lowest BCUT2D eigenvalue weighted by molar-refractivity contribution is -0.146. The van der Waals surface area contributed by atoms with Crippen LogP contribution in [0.15, 0.2) is 12.1 Å². The number of esters is 1. The van der Waals surface area contributed by atoms with Gasteiger partial charge in [-0.05, 0) is 31.9 Å². The third kappa shape index (κ3) is 3.57. The second-order valence-corrected chi connectivity index (χ2v) is 5.60. The molecule has 0 bridgehead atoms. The van der Waals surface area contributed by atoms with E-state index in [9.17, 15) is 9.59 Å². The fraction of sp³-hybridized carbons (Fsp3) is 0.529. The van der Waals surface area contributed by atoms with Crippen LogP contribution in [0.5, 0.6) is 11.5 Å². The Morgan fingerprint density at radius 1 is 1.04 bits per heavy atom. The summed E-state index contributed by atoms with van der Waals surface area (Å²) in [4.78, 5) is 26.0. The Morgan fingerprint density at radius 2 is 1.57 bits per heavy atom. The van der Waals surface area contributed by atoms with Crippen molar-refractivity contribution in [2.75, 3.05) is 34.4 Å². The third-order valence-corrected chi connectivity index (χ3v) is 4.32. The second-order valence-electron chi connectivity index (χ2n) is 5.60. The Balaban J connectivity index is 2.14. The summed E-state index contributed by atoms with van der Waals surface area (Å²) >= 11 is 0. The molecule has 126 valence electrons. The van der Waals surface area contributed by atoms with Gasteiger partial charge < -0.3 is 19.1 Å². The lowest BCUT2D eigenvalue weighted by Gasteiger charge is -2.31. The van der Waals surface area contributed by atoms with Crippen LogP contribution in [0.25, 0.3) is 0 Å². The molecule has 1 aromatic carbocycles. The number of hydrogen-bond acceptors (Lipinski definition) is 5. The first-order valence-corrected chi connectivity index (χ1v) is 7.61. The van der Waals surface area contributed by atoms with Crippen molar-refractivity contribution >= 4 is 11.9 Å². The average Bonchev–Trinajstić information content (AvgIpc) is 2.60. The molecule has 23 heavy (non-hydrogen) atoms. The number of rotatable bonds is 4. The SMILES string of the molecule is COC(=O)C1CCN(C(=O)c2cc(OC)c(C)c(OC)c2)CC1. The molecule has 1 fully saturated rings. The Morgan fingerprint density at radius 3 is 2.00 bits per heavy atom. The third-order valence-electron chi connectivity index (χ3n) is 4.32. The van der Waals surface area contributed by atoms with Crippen LogP contribution in [-0.4, -0.2) is 51.2 Å². The zero-order chi connectivity index (χ0) is 17.0. The van der Waals surface area contributed by atoms with Crippen molar-refractivity contribution in [2.24, 2.45) is 5.92 Å². The minimum Gasteiger partial charge on any atom is -0.496 e. The van der Waals surface area contributed by atoms with Crippen LogP contribution in [0.2, 0.25) is 0 Å². The van der Waals surface area contributed by atoms with Crippen molar-refractivity contribution in [1.29, 1.82) is 0 Å². The van der Waals surface area contributed by atoms with E-state index in [1.807, 2.05) is 6.92 Å². The standard InChI is InChI=1S/C17H23NO5/c1-11-14(21-2)9-13(10-15(11)22-3)16(19)18-7-5-12(6-8-18)17(20)23-4/h9-10,12H,5-8H2,1-4H3. The topological polar surface area (TPSA) is 65.1 Å². The van der Waals surface area contributed by atoms with Gasteiger partial charge in [0.1, 0.15) is 11.5 Å². The van der Waals surface area contributed by atoms with E-state index in [-0.39, 0.29) is 17.8 Å². The van der Waals surface area contributed by atoms with Crippen molar-refractivity contribution in [3.63, 3.8) is 0 Å². The van der Waals surface area contributed by atoms with Crippen molar-refractivity contribution in [3.8, 4) is 11.5 Å². The number of amides is 1. The molecule has 1 heterocycles. The first-order valence-electron chi connectivity index (χ1n) is 7.61. The van der Waals surface area contributed by atoms with Gasteiger partial charge in [-0.25, -0.2) is 0 Å². The summed E-state index contributed by atoms with van der Waals surface area (Å²) in [6.45, 7) is 2.96. The molecule has 0 aliphatic carbocycles. The highest BCUT2D eigenvalue weighted by Gasteiger charge is 2.29. The van der Waals surface area contributed by atoms with Gasteiger partial charge in [0, 0.05) is 24.2 Å². The molecule has 0 aromatic heterocycles. The highest BCUT2D eigenvalue weighted by Crippen LogP contribution is 2.30. The Hall–Kier alpha value is -2.24. The van der Waals surface area contributed by atoms with E-state index in [0.717, 1.165) is 5.56 Å². The molecule has 6 nitrogen and oxygen atoms in total. The molecule has 0 saturated carbocycles. The minimum absolute atomic E-state index is 0.0788. The number of ether oxygens (including phenoxy) is 3. The van der Waals surface area contributed by atoms with E-state index in [1.54, 1.807) is 31.3 Å². The maximum absolute atomic E-state index is 12.7. The number of nitrogens with zero attached hydrogens (tertiary/aromatic N) is 1. The lowest BCUT2D eigenvalue weighted by Crippen LogP contribution is -2.40. The molecule has 1 aromatic rings. The minimum atomic E-state index is -0.198. The van der Waals surface area contributed by atoms with Crippen LogP contribution >= 0.6 is 0 Å². The maximum atomic E-state index is 12.7. The second kappa shape index (κ2) is 7.35. The zero-order valence-electron chi connectivity index (χ0n) is 14.0. The van der Waals surface area contributed by atoms with E-state index in [2.05, 4.69) is 0 Å². The van der Waals surface area contributed by atoms with Gasteiger partial charge in [-0.15, -0.1) is 0 Å². The van der Waals surface area contributed by atoms with Gasteiger partial charge in [-0.1, -0.05) is 0 Å². The van der Waals surface area contributed by atoms with Gasteiger partial charge in [0.25, 0.3) is 5.91 Å². The number of carbonyl (C=O) groups is 2. The van der Waals surface area contributed by atoms with E-state index in [0.29, 0.717) is 43.0 Å². The van der Waals surface area contributed by atoms with E-state index in [1.165, 1.54) is 7.11 Å². The molecule has 0 N–H and O–H groups in total. The van der Waals surface area contributed by atoms with Gasteiger partial charge in [-0.3, -0.25) is 9.59 Å². The number of hydrogen-bond donors (Lipinski definition) is 0. The van der Waals surface area contributed by atoms with Crippen LogP contribution in [0.1, 0.15) is 28.8 Å². The summed E-state index contributed by atoms with van der Waals surface area (Å²) in [7, 11) is 4.53. The molecule has 2 rings (SSSR count). The quantitative estimate of drug-likeness (QED) is 0.794. The number of benzene rings is 1. The number of piperidine rings is 1. The van der Waals surface area contributed by atoms with Crippen molar-refractivity contribution in [3.05, 3.63) is 23.3 Å². The van der Waals surface area contributed by atoms with Crippen LogP contribution in [0.3, 0.4) is 0 Å². The lowest BCUT2D eigenvalue weighted by atomic mass is 9.96. The van der Waals surface area contributed by atoms with Gasteiger partial charge in [0.15, 0.2) is 0 Å². The largest absolute Gasteiger partial charge is 0.496 e. The highest BCUT2D eigenvalue weighted by molar-refractivity contribution is 5.95. The summed E-state index contributed by atoms with van der Waals surface area (Å²) < 4.78 is 15.4. The highest BCUT2D eigenvalue weighted by atomic mass is 16.5. The van der Waals surface area contributed by atoms with E-state index >= 15 is 0 Å². The molecule has 1 aliphatic rings. The first-order chi connectivity index (χ1) is 11.0. The molecule has 6 heteroatoms. The molecule has 0 atom stereocenters. The van der Waals surface area contributed by atoms with Crippen molar-refractivity contribution in [1.82, 2.24) is 4.90 Å². The predicted molar refractivity (Wildman–Crippen MR) is 84.9 cm³/mol. The normalized spacial score (nSPS) is 15.2. The van der Waals surface area contributed by atoms with Crippen molar-refractivity contribution < 1.29 is 23.8 Å². The number of carbonyl (C=O) groups excluding carboxylic acids is 2. The van der Waals surface area contributed by atoms with Crippen molar-refractivity contribution in [2.45, 2.75) is 19.8 Å². The van der Waals surface area contributed by atoms with E-state index < -0.39 is 0 Å². The summed E-state index contributed by atoms with van der Waals surface area (Å²) in [6.07, 6.45) is 1.25. The van der Waals surface area contributed by atoms with Gasteiger partial charge in [0.2, 0.25) is 0 Å². The zero-order valence-corrected chi connectivity index (χ0v) is 14.0. The first kappa shape index (κ1) is 17.1. The Bertz CT molecular complexity index is 566. The van der Waals surface area contributed by atoms with Gasteiger partial charge in [0.05, 0.1) is 27.2 Å². The molecular formula is C17H23NO5. The Kier molecular flexibility index (Phi) is 5.47. The van der Waals surface area contributed by atoms with Crippen LogP contribution in [-0.2, 0) is 9.53 Å². The van der Waals surface area contributed by atoms with Crippen LogP contribution in [0.4, 0.5) is 0 Å². The molecule has 1 amide bonds. The van der Waals surface area contributed by atoms with E-state index in [4.69, 9.17) is 14.2 Å². The average molecular weight is 321 g/mol. The molecular weight excluding hydrogens is 298 g/mol. The smallest absolute Gasteiger partial charge is 0.308 e. The maximum Gasteiger partial charge on any atom is 0.308 e. The summed E-state index contributed by atoms with van der Waals surface area (Å²) in [5.41, 5.74) is 1.39. The summed E-state index contributed by atoms with van der Waals surface area (Å²) in [5.74, 6) is 0.848. The molecule has 0 spiro atoms. The summed E-state index contributed by atoms with van der Waals surface area (Å²) in [6, 6.07) is 3.46. The fourth-order valence-corrected chi connectivity index (χ4v) is 2.88. The molecule has 0 radical (unpaired) electrons. The Labute approximate surface area is 136 Å². The fourth-order valence-electron chi connectivity index (χ4n) is 2.88.